The fraction of sp³-hybridized carbons (Fsp3) is 0.450. The molecule has 0 bridgehead atoms. The molecular formula is C20H26N4O5. The van der Waals surface area contributed by atoms with Crippen molar-refractivity contribution >= 4 is 23.5 Å². The second-order valence-electron chi connectivity index (χ2n) is 6.79. The van der Waals surface area contributed by atoms with Crippen molar-refractivity contribution in [3.8, 4) is 0 Å². The van der Waals surface area contributed by atoms with Gasteiger partial charge in [-0.1, -0.05) is 12.1 Å². The third kappa shape index (κ3) is 5.55. The molecule has 2 aromatic rings. The largest absolute Gasteiger partial charge is 0.431 e. The number of likely N-dealkylation sites (N-methyl/N-ethyl adjacent to an activating group) is 1. The number of carbonyl (C=O) groups excluding carboxylic acids is 2. The second-order valence-corrected chi connectivity index (χ2v) is 6.79. The van der Waals surface area contributed by atoms with E-state index >= 15 is 0 Å². The number of nitrogens with one attached hydrogen (secondary N) is 2. The molecule has 29 heavy (non-hydrogen) atoms. The van der Waals surface area contributed by atoms with Gasteiger partial charge in [-0.3, -0.25) is 9.59 Å². The monoisotopic (exact) mass is 402 g/mol. The predicted molar refractivity (Wildman–Crippen MR) is 107 cm³/mol. The first-order valence-corrected chi connectivity index (χ1v) is 9.53. The smallest absolute Gasteiger partial charge is 0.297 e. The molecule has 1 saturated heterocycles. The van der Waals surface area contributed by atoms with Gasteiger partial charge in [-0.25, -0.2) is 0 Å². The second kappa shape index (κ2) is 10.0. The molecule has 0 radical (unpaired) electrons. The maximum absolute atomic E-state index is 12.7. The van der Waals surface area contributed by atoms with E-state index in [9.17, 15) is 9.59 Å². The number of benzene rings is 1. The zero-order chi connectivity index (χ0) is 20.6. The quantitative estimate of drug-likeness (QED) is 0.695. The molecule has 0 aliphatic carbocycles. The number of anilines is 2. The fourth-order valence-corrected chi connectivity index (χ4v) is 2.95. The van der Waals surface area contributed by atoms with E-state index < -0.39 is 5.91 Å². The first kappa shape index (κ1) is 20.8. The third-order valence-electron chi connectivity index (χ3n) is 4.66. The van der Waals surface area contributed by atoms with Gasteiger partial charge in [0.1, 0.15) is 6.26 Å². The van der Waals surface area contributed by atoms with Gasteiger partial charge < -0.3 is 29.4 Å². The lowest BCUT2D eigenvalue weighted by atomic mass is 10.1. The first-order valence-electron chi connectivity index (χ1n) is 9.53. The van der Waals surface area contributed by atoms with Crippen LogP contribution in [-0.2, 0) is 9.47 Å². The van der Waals surface area contributed by atoms with Crippen LogP contribution in [0.1, 0.15) is 33.7 Å². The number of para-hydroxylation sites is 1. The molecule has 9 heteroatoms. The molecule has 0 atom stereocenters. The van der Waals surface area contributed by atoms with Crippen LogP contribution in [-0.4, -0.2) is 63.4 Å². The molecule has 1 aliphatic rings. The van der Waals surface area contributed by atoms with Crippen LogP contribution < -0.4 is 15.5 Å². The van der Waals surface area contributed by atoms with Gasteiger partial charge in [0.15, 0.2) is 5.69 Å². The van der Waals surface area contributed by atoms with Crippen molar-refractivity contribution in [1.82, 2.24) is 10.3 Å². The maximum atomic E-state index is 12.7. The lowest BCUT2D eigenvalue weighted by molar-refractivity contribution is 0.0697. The Morgan fingerprint density at radius 3 is 2.76 bits per heavy atom. The summed E-state index contributed by atoms with van der Waals surface area (Å²) in [6.45, 7) is 2.36. The summed E-state index contributed by atoms with van der Waals surface area (Å²) in [6, 6.07) is 7.26. The zero-order valence-corrected chi connectivity index (χ0v) is 16.6. The molecule has 1 aliphatic heterocycles. The van der Waals surface area contributed by atoms with Crippen LogP contribution in [0.3, 0.4) is 0 Å². The Balaban J connectivity index is 1.66. The van der Waals surface area contributed by atoms with Gasteiger partial charge in [-0.05, 0) is 25.0 Å². The average molecular weight is 402 g/mol. The highest BCUT2D eigenvalue weighted by Crippen LogP contribution is 2.19. The molecule has 0 spiro atoms. The molecular weight excluding hydrogens is 376 g/mol. The van der Waals surface area contributed by atoms with E-state index in [2.05, 4.69) is 15.6 Å². The van der Waals surface area contributed by atoms with E-state index in [0.29, 0.717) is 43.6 Å². The molecule has 0 saturated carbocycles. The van der Waals surface area contributed by atoms with Crippen molar-refractivity contribution in [3.63, 3.8) is 0 Å². The highest BCUT2D eigenvalue weighted by molar-refractivity contribution is 6.08. The molecule has 0 unspecified atom stereocenters. The standard InChI is InChI=1S/C20H26N4O5/c1-24(9-12-27-2)20-23-17(13-29-20)19(26)22-16-6-4-3-5-15(16)18(25)21-14-7-10-28-11-8-14/h3-6,13-14H,7-12H2,1-2H3,(H,21,25)(H,22,26). The summed E-state index contributed by atoms with van der Waals surface area (Å²) in [5.74, 6) is -0.681. The average Bonchev–Trinajstić information content (AvgIpc) is 3.23. The van der Waals surface area contributed by atoms with E-state index in [4.69, 9.17) is 13.9 Å². The van der Waals surface area contributed by atoms with Crippen LogP contribution in [0.25, 0.3) is 0 Å². The van der Waals surface area contributed by atoms with Gasteiger partial charge >= 0.3 is 0 Å². The van der Waals surface area contributed by atoms with Crippen LogP contribution in [0.2, 0.25) is 0 Å². The van der Waals surface area contributed by atoms with Gasteiger partial charge in [-0.2, -0.15) is 4.98 Å². The number of hydrogen-bond donors (Lipinski definition) is 2. The van der Waals surface area contributed by atoms with Gasteiger partial charge in [0.25, 0.3) is 17.8 Å². The normalized spacial score (nSPS) is 14.4. The molecule has 2 amide bonds. The number of amides is 2. The number of rotatable bonds is 8. The minimum Gasteiger partial charge on any atom is -0.431 e. The summed E-state index contributed by atoms with van der Waals surface area (Å²) in [6.07, 6.45) is 2.84. The summed E-state index contributed by atoms with van der Waals surface area (Å²) >= 11 is 0. The van der Waals surface area contributed by atoms with E-state index in [1.165, 1.54) is 6.26 Å². The summed E-state index contributed by atoms with van der Waals surface area (Å²) in [7, 11) is 3.40. The van der Waals surface area contributed by atoms with Crippen LogP contribution in [0.5, 0.6) is 0 Å². The van der Waals surface area contributed by atoms with Crippen molar-refractivity contribution in [2.45, 2.75) is 18.9 Å². The Morgan fingerprint density at radius 2 is 2.00 bits per heavy atom. The maximum Gasteiger partial charge on any atom is 0.297 e. The lowest BCUT2D eigenvalue weighted by Crippen LogP contribution is -2.39. The van der Waals surface area contributed by atoms with E-state index in [1.807, 2.05) is 0 Å². The first-order chi connectivity index (χ1) is 14.1. The van der Waals surface area contributed by atoms with Gasteiger partial charge in [0.05, 0.1) is 17.9 Å². The SMILES string of the molecule is COCCN(C)c1nc(C(=O)Nc2ccccc2C(=O)NC2CCOCC2)co1. The van der Waals surface area contributed by atoms with Crippen LogP contribution >= 0.6 is 0 Å². The minimum absolute atomic E-state index is 0.0701. The number of ether oxygens (including phenoxy) is 2. The molecule has 3 rings (SSSR count). The van der Waals surface area contributed by atoms with Gasteiger partial charge in [0, 0.05) is 40.0 Å². The van der Waals surface area contributed by atoms with Crippen molar-refractivity contribution in [1.29, 1.82) is 0 Å². The van der Waals surface area contributed by atoms with Crippen LogP contribution in [0, 0.1) is 0 Å². The Kier molecular flexibility index (Phi) is 7.20. The highest BCUT2D eigenvalue weighted by atomic mass is 16.5. The Labute approximate surface area is 169 Å². The van der Waals surface area contributed by atoms with Crippen molar-refractivity contribution in [3.05, 3.63) is 41.8 Å². The fourth-order valence-electron chi connectivity index (χ4n) is 2.95. The van der Waals surface area contributed by atoms with E-state index in [0.717, 1.165) is 12.8 Å². The third-order valence-corrected chi connectivity index (χ3v) is 4.66. The Bertz CT molecular complexity index is 832. The number of methoxy groups -OCH3 is 1. The number of hydrogen-bond acceptors (Lipinski definition) is 7. The molecule has 1 aromatic carbocycles. The topological polar surface area (TPSA) is 106 Å². The molecule has 1 fully saturated rings. The number of oxazole rings is 1. The van der Waals surface area contributed by atoms with Crippen molar-refractivity contribution in [2.75, 3.05) is 50.7 Å². The summed E-state index contributed by atoms with van der Waals surface area (Å²) < 4.78 is 15.7. The molecule has 2 N–H and O–H groups in total. The Morgan fingerprint density at radius 1 is 1.24 bits per heavy atom. The molecule has 9 nitrogen and oxygen atoms in total. The minimum atomic E-state index is -0.452. The lowest BCUT2D eigenvalue weighted by Gasteiger charge is -2.23. The van der Waals surface area contributed by atoms with Crippen molar-refractivity contribution < 1.29 is 23.5 Å². The van der Waals surface area contributed by atoms with E-state index in [-0.39, 0.29) is 17.6 Å². The molecule has 2 heterocycles. The Hall–Kier alpha value is -2.91. The van der Waals surface area contributed by atoms with Crippen LogP contribution in [0.4, 0.5) is 11.7 Å². The molecule has 1 aromatic heterocycles. The molecule has 156 valence electrons. The van der Waals surface area contributed by atoms with Gasteiger partial charge in [0.2, 0.25) is 0 Å². The van der Waals surface area contributed by atoms with Crippen molar-refractivity contribution in [2.24, 2.45) is 0 Å². The summed E-state index contributed by atoms with van der Waals surface area (Å²) in [5.41, 5.74) is 0.941. The van der Waals surface area contributed by atoms with E-state index in [1.54, 1.807) is 43.3 Å². The van der Waals surface area contributed by atoms with Crippen LogP contribution in [0.15, 0.2) is 34.9 Å². The summed E-state index contributed by atoms with van der Waals surface area (Å²) in [4.78, 5) is 31.2. The number of aromatic nitrogens is 1. The summed E-state index contributed by atoms with van der Waals surface area (Å²) in [5, 5.41) is 5.75. The number of carbonyl (C=O) groups is 2. The predicted octanol–water partition coefficient (Wildman–Crippen LogP) is 1.92. The zero-order valence-electron chi connectivity index (χ0n) is 16.6. The van der Waals surface area contributed by atoms with Gasteiger partial charge in [-0.15, -0.1) is 0 Å². The number of nitrogens with zero attached hydrogens (tertiary/aromatic N) is 2. The highest BCUT2D eigenvalue weighted by Gasteiger charge is 2.21.